The van der Waals surface area contributed by atoms with E-state index in [4.69, 9.17) is 9.47 Å². The van der Waals surface area contributed by atoms with Crippen LogP contribution < -0.4 is 0 Å². The molecule has 0 spiro atoms. The zero-order chi connectivity index (χ0) is 16.4. The average molecular weight is 347 g/mol. The molecule has 0 aromatic heterocycles. The van der Waals surface area contributed by atoms with Gasteiger partial charge in [-0.1, -0.05) is 17.7 Å². The summed E-state index contributed by atoms with van der Waals surface area (Å²) in [5.41, 5.74) is 0.943. The summed E-state index contributed by atoms with van der Waals surface area (Å²) in [7, 11) is -6.81. The van der Waals surface area contributed by atoms with Gasteiger partial charge < -0.3 is 9.47 Å². The molecule has 1 heterocycles. The molecule has 0 unspecified atom stereocenters. The second kappa shape index (κ2) is 6.27. The first-order valence-corrected chi connectivity index (χ1v) is 10.4. The fourth-order valence-electron chi connectivity index (χ4n) is 2.36. The van der Waals surface area contributed by atoms with E-state index in [1.807, 2.05) is 6.92 Å². The normalized spacial score (nSPS) is 19.4. The smallest absolute Gasteiger partial charge is 0.290 e. The Labute approximate surface area is 132 Å². The number of aryl methyl sites for hydroxylation is 1. The highest BCUT2D eigenvalue weighted by molar-refractivity contribution is 8.04. The van der Waals surface area contributed by atoms with E-state index < -0.39 is 25.5 Å². The summed E-state index contributed by atoms with van der Waals surface area (Å²) < 4.78 is 51.7. The molecule has 2 rings (SSSR count). The summed E-state index contributed by atoms with van der Waals surface area (Å²) in [4.78, 5) is 0.0474. The van der Waals surface area contributed by atoms with Crippen LogP contribution in [0, 0.1) is 6.92 Å². The van der Waals surface area contributed by atoms with E-state index in [1.54, 1.807) is 26.0 Å². The van der Waals surface area contributed by atoms with Crippen molar-refractivity contribution in [3.63, 3.8) is 0 Å². The van der Waals surface area contributed by atoms with Gasteiger partial charge in [-0.3, -0.25) is 0 Å². The highest BCUT2D eigenvalue weighted by atomic mass is 32.3. The van der Waals surface area contributed by atoms with Crippen molar-refractivity contribution in [2.24, 2.45) is 3.77 Å². The first-order chi connectivity index (χ1) is 10.2. The van der Waals surface area contributed by atoms with Gasteiger partial charge in [0.15, 0.2) is 5.79 Å². The number of rotatable bonds is 6. The Morgan fingerprint density at radius 1 is 1.14 bits per heavy atom. The molecule has 6 nitrogen and oxygen atoms in total. The molecular weight excluding hydrogens is 326 g/mol. The van der Waals surface area contributed by atoms with Crippen LogP contribution in [0.2, 0.25) is 0 Å². The Morgan fingerprint density at radius 3 is 2.09 bits per heavy atom. The molecule has 1 aliphatic heterocycles. The number of nitrogens with zero attached hydrogens (tertiary/aromatic N) is 1. The Bertz CT molecular complexity index is 726. The minimum atomic E-state index is -3.94. The van der Waals surface area contributed by atoms with Crippen molar-refractivity contribution in [3.05, 3.63) is 29.8 Å². The van der Waals surface area contributed by atoms with E-state index in [1.165, 1.54) is 12.1 Å². The molecule has 124 valence electrons. The first kappa shape index (κ1) is 17.4. The minimum absolute atomic E-state index is 0.0211. The fraction of sp³-hybridized carbons (Fsp3) is 0.571. The average Bonchev–Trinajstić information content (AvgIpc) is 2.37. The van der Waals surface area contributed by atoms with Crippen LogP contribution in [-0.2, 0) is 29.2 Å². The zero-order valence-corrected chi connectivity index (χ0v) is 14.6. The molecule has 1 saturated heterocycles. The monoisotopic (exact) mass is 347 g/mol. The van der Waals surface area contributed by atoms with Crippen molar-refractivity contribution in [1.29, 1.82) is 0 Å². The summed E-state index contributed by atoms with van der Waals surface area (Å²) in [5.74, 6) is -1.01. The van der Waals surface area contributed by atoms with Gasteiger partial charge in [-0.15, -0.1) is 3.77 Å². The molecule has 1 aliphatic rings. The van der Waals surface area contributed by atoms with Crippen LogP contribution in [0.15, 0.2) is 32.9 Å². The molecule has 0 atom stereocenters. The van der Waals surface area contributed by atoms with Crippen molar-refractivity contribution in [1.82, 2.24) is 0 Å². The van der Waals surface area contributed by atoms with E-state index in [-0.39, 0.29) is 16.4 Å². The van der Waals surface area contributed by atoms with E-state index in [9.17, 15) is 12.6 Å². The second-order valence-electron chi connectivity index (χ2n) is 5.20. The maximum atomic E-state index is 12.6. The van der Waals surface area contributed by atoms with Gasteiger partial charge in [-0.2, -0.15) is 8.42 Å². The quantitative estimate of drug-likeness (QED) is 0.735. The highest BCUT2D eigenvalue weighted by Crippen LogP contribution is 2.32. The van der Waals surface area contributed by atoms with Crippen molar-refractivity contribution >= 4 is 19.8 Å². The Hall–Kier alpha value is -0.960. The Balaban J connectivity index is 2.26. The molecule has 22 heavy (non-hydrogen) atoms. The van der Waals surface area contributed by atoms with Crippen molar-refractivity contribution in [2.75, 3.05) is 24.7 Å². The van der Waals surface area contributed by atoms with E-state index in [2.05, 4.69) is 3.77 Å². The van der Waals surface area contributed by atoms with Gasteiger partial charge in [-0.25, -0.2) is 4.21 Å². The Morgan fingerprint density at radius 2 is 1.64 bits per heavy atom. The molecule has 8 heteroatoms. The zero-order valence-electron chi connectivity index (χ0n) is 12.9. The second-order valence-corrected chi connectivity index (χ2v) is 9.34. The lowest BCUT2D eigenvalue weighted by molar-refractivity contribution is -0.210. The molecule has 0 bridgehead atoms. The van der Waals surface area contributed by atoms with Crippen LogP contribution in [0.3, 0.4) is 0 Å². The molecule has 0 N–H and O–H groups in total. The van der Waals surface area contributed by atoms with Crippen LogP contribution in [0.1, 0.15) is 19.4 Å². The molecule has 1 aromatic rings. The third kappa shape index (κ3) is 3.68. The lowest BCUT2D eigenvalue weighted by Gasteiger charge is -2.41. The Kier molecular flexibility index (Phi) is 4.96. The van der Waals surface area contributed by atoms with Gasteiger partial charge in [0.1, 0.15) is 0 Å². The lowest BCUT2D eigenvalue weighted by Crippen LogP contribution is -2.58. The summed E-state index contributed by atoms with van der Waals surface area (Å²) in [6.07, 6.45) is 0. The van der Waals surface area contributed by atoms with Crippen molar-refractivity contribution < 1.29 is 22.1 Å². The van der Waals surface area contributed by atoms with Gasteiger partial charge in [-0.05, 0) is 32.9 Å². The predicted molar refractivity (Wildman–Crippen MR) is 84.7 cm³/mol. The minimum Gasteiger partial charge on any atom is -0.348 e. The summed E-state index contributed by atoms with van der Waals surface area (Å²) in [6, 6.07) is 6.29. The molecular formula is C14H21NO5S2. The largest absolute Gasteiger partial charge is 0.348 e. The van der Waals surface area contributed by atoms with Gasteiger partial charge >= 0.3 is 0 Å². The predicted octanol–water partition coefficient (Wildman–Crippen LogP) is 1.93. The van der Waals surface area contributed by atoms with Crippen LogP contribution in [0.5, 0.6) is 0 Å². The number of hydrogen-bond acceptors (Lipinski definition) is 5. The molecule has 0 radical (unpaired) electrons. The number of sulfonamides is 1. The summed E-state index contributed by atoms with van der Waals surface area (Å²) >= 11 is 0. The third-order valence-corrected chi connectivity index (χ3v) is 7.78. The maximum Gasteiger partial charge on any atom is 0.290 e. The van der Waals surface area contributed by atoms with Crippen LogP contribution in [0.25, 0.3) is 0 Å². The maximum absolute atomic E-state index is 12.6. The summed E-state index contributed by atoms with van der Waals surface area (Å²) in [6.45, 7) is 6.28. The molecule has 0 aliphatic carbocycles. The summed E-state index contributed by atoms with van der Waals surface area (Å²) in [5, 5.41) is 0. The topological polar surface area (TPSA) is 82.0 Å². The van der Waals surface area contributed by atoms with E-state index >= 15 is 0 Å². The standard InChI is InChI=1S/C14H21NO5S2/c1-4-19-14(20-5-2)10-21(16,11-14)15-22(17,18)13-8-6-12(3)7-9-13/h6-9H,4-5,10-11H2,1-3H3. The number of benzene rings is 1. The number of hydrogen-bond donors (Lipinski definition) is 0. The van der Waals surface area contributed by atoms with E-state index in [0.29, 0.717) is 13.2 Å². The third-order valence-electron chi connectivity index (χ3n) is 3.26. The van der Waals surface area contributed by atoms with Gasteiger partial charge in [0.25, 0.3) is 10.0 Å². The van der Waals surface area contributed by atoms with Gasteiger partial charge in [0, 0.05) is 13.2 Å². The highest BCUT2D eigenvalue weighted by Gasteiger charge is 2.50. The van der Waals surface area contributed by atoms with Crippen LogP contribution >= 0.6 is 0 Å². The SMILES string of the molecule is CCOC1(OCC)CS(=O)(=NS(=O)(=O)c2ccc(C)cc2)C1. The van der Waals surface area contributed by atoms with Crippen molar-refractivity contribution in [3.8, 4) is 0 Å². The lowest BCUT2D eigenvalue weighted by atomic mass is 10.2. The molecule has 0 saturated carbocycles. The molecule has 0 amide bonds. The van der Waals surface area contributed by atoms with Gasteiger partial charge in [0.05, 0.1) is 26.1 Å². The molecule has 1 fully saturated rings. The van der Waals surface area contributed by atoms with E-state index in [0.717, 1.165) is 5.56 Å². The number of ether oxygens (including phenoxy) is 2. The fourth-order valence-corrected chi connectivity index (χ4v) is 6.66. The van der Waals surface area contributed by atoms with Gasteiger partial charge in [0.2, 0.25) is 0 Å². The van der Waals surface area contributed by atoms with Crippen LogP contribution in [0.4, 0.5) is 0 Å². The first-order valence-electron chi connectivity index (χ1n) is 7.07. The van der Waals surface area contributed by atoms with Crippen LogP contribution in [-0.4, -0.2) is 43.1 Å². The molecule has 1 aromatic carbocycles. The van der Waals surface area contributed by atoms with Crippen molar-refractivity contribution in [2.45, 2.75) is 31.5 Å².